The van der Waals surface area contributed by atoms with Crippen molar-refractivity contribution in [3.63, 3.8) is 0 Å². The Morgan fingerprint density at radius 1 is 1.20 bits per heavy atom. The highest BCUT2D eigenvalue weighted by Crippen LogP contribution is 2.35. The van der Waals surface area contributed by atoms with Gasteiger partial charge in [0.25, 0.3) is 0 Å². The molecule has 2 heterocycles. The average Bonchev–Trinajstić information content (AvgIpc) is 3.26. The van der Waals surface area contributed by atoms with Crippen molar-refractivity contribution in [1.82, 2.24) is 15.1 Å². The molecule has 1 aromatic rings. The quantitative estimate of drug-likeness (QED) is 0.772. The van der Waals surface area contributed by atoms with Crippen molar-refractivity contribution >= 4 is 11.8 Å². The van der Waals surface area contributed by atoms with Gasteiger partial charge in [-0.2, -0.15) is 0 Å². The van der Waals surface area contributed by atoms with Gasteiger partial charge in [0.05, 0.1) is 19.1 Å². The van der Waals surface area contributed by atoms with Crippen molar-refractivity contribution in [3.8, 4) is 0 Å². The zero-order valence-electron chi connectivity index (χ0n) is 17.6. The minimum atomic E-state index is -0.314. The molecule has 4 rings (SSSR count). The van der Waals surface area contributed by atoms with Crippen LogP contribution in [0, 0.1) is 11.7 Å². The van der Waals surface area contributed by atoms with Crippen LogP contribution in [0.2, 0.25) is 0 Å². The first-order chi connectivity index (χ1) is 14.6. The summed E-state index contributed by atoms with van der Waals surface area (Å²) in [5, 5.41) is 3.21. The highest BCUT2D eigenvalue weighted by atomic mass is 19.1. The second-order valence-electron chi connectivity index (χ2n) is 8.85. The Bertz CT molecular complexity index is 760. The predicted molar refractivity (Wildman–Crippen MR) is 111 cm³/mol. The van der Waals surface area contributed by atoms with Gasteiger partial charge in [-0.3, -0.25) is 14.5 Å². The van der Waals surface area contributed by atoms with Crippen LogP contribution in [0.1, 0.15) is 44.1 Å². The number of hydrogen-bond donors (Lipinski definition) is 1. The van der Waals surface area contributed by atoms with E-state index in [0.717, 1.165) is 39.1 Å². The summed E-state index contributed by atoms with van der Waals surface area (Å²) in [6.45, 7) is 4.57. The number of amides is 2. The summed E-state index contributed by atoms with van der Waals surface area (Å²) in [6.07, 6.45) is 5.50. The van der Waals surface area contributed by atoms with Gasteiger partial charge in [0, 0.05) is 50.2 Å². The molecule has 2 amide bonds. The summed E-state index contributed by atoms with van der Waals surface area (Å²) < 4.78 is 19.5. The molecule has 1 aliphatic carbocycles. The molecule has 0 aromatic heterocycles. The zero-order valence-corrected chi connectivity index (χ0v) is 17.6. The van der Waals surface area contributed by atoms with Gasteiger partial charge in [-0.05, 0) is 25.3 Å². The monoisotopic (exact) mass is 417 g/mol. The molecule has 0 radical (unpaired) electrons. The van der Waals surface area contributed by atoms with Crippen LogP contribution >= 0.6 is 0 Å². The molecule has 2 saturated heterocycles. The Labute approximate surface area is 177 Å². The number of ether oxygens (including phenoxy) is 1. The van der Waals surface area contributed by atoms with E-state index in [2.05, 4.69) is 10.2 Å². The molecule has 2 aliphatic heterocycles. The van der Waals surface area contributed by atoms with Crippen molar-refractivity contribution < 1.29 is 18.7 Å². The van der Waals surface area contributed by atoms with Crippen molar-refractivity contribution in [2.24, 2.45) is 5.92 Å². The summed E-state index contributed by atoms with van der Waals surface area (Å²) in [5.41, 5.74) is 0.528. The Morgan fingerprint density at radius 2 is 1.93 bits per heavy atom. The van der Waals surface area contributed by atoms with Crippen LogP contribution in [-0.2, 0) is 20.9 Å². The lowest BCUT2D eigenvalue weighted by Crippen LogP contribution is -2.58. The molecular weight excluding hydrogens is 385 g/mol. The largest absolute Gasteiger partial charge is 0.379 e. The molecule has 1 atom stereocenters. The number of morpholine rings is 1. The summed E-state index contributed by atoms with van der Waals surface area (Å²) in [5.74, 6) is -0.549. The smallest absolute Gasteiger partial charge is 0.224 e. The van der Waals surface area contributed by atoms with Gasteiger partial charge in [-0.1, -0.05) is 31.0 Å². The third kappa shape index (κ3) is 4.67. The predicted octanol–water partition coefficient (Wildman–Crippen LogP) is 2.33. The minimum absolute atomic E-state index is 0.0112. The molecule has 0 bridgehead atoms. The number of carbonyl (C=O) groups excluding carboxylic acids is 2. The molecular formula is C23H32FN3O3. The van der Waals surface area contributed by atoms with E-state index in [4.69, 9.17) is 4.74 Å². The van der Waals surface area contributed by atoms with Crippen LogP contribution < -0.4 is 5.32 Å². The fourth-order valence-electron chi connectivity index (χ4n) is 5.19. The first-order valence-electron chi connectivity index (χ1n) is 11.2. The maximum atomic E-state index is 14.0. The van der Waals surface area contributed by atoms with E-state index in [1.54, 1.807) is 23.1 Å². The lowest BCUT2D eigenvalue weighted by Gasteiger charge is -2.44. The van der Waals surface area contributed by atoms with Gasteiger partial charge in [0.2, 0.25) is 11.8 Å². The number of hydrogen-bond acceptors (Lipinski definition) is 4. The molecule has 3 fully saturated rings. The standard InChI is InChI=1S/C23H32FN3O3/c24-20-6-2-1-5-18(20)15-26-16-19(7-8-21(26)28)22(29)25-17-23(9-3-4-10-23)27-11-13-30-14-12-27/h1-2,5-6,19H,3-4,7-17H2,(H,25,29)/t19-/m1/s1. The molecule has 1 aromatic carbocycles. The molecule has 30 heavy (non-hydrogen) atoms. The van der Waals surface area contributed by atoms with E-state index in [9.17, 15) is 14.0 Å². The molecule has 3 aliphatic rings. The van der Waals surface area contributed by atoms with E-state index in [1.807, 2.05) is 0 Å². The lowest BCUT2D eigenvalue weighted by molar-refractivity contribution is -0.139. The van der Waals surface area contributed by atoms with Crippen LogP contribution in [-0.4, -0.2) is 66.5 Å². The second-order valence-corrected chi connectivity index (χ2v) is 8.85. The van der Waals surface area contributed by atoms with Gasteiger partial charge >= 0.3 is 0 Å². The third-order valence-corrected chi connectivity index (χ3v) is 7.00. The highest BCUT2D eigenvalue weighted by Gasteiger charge is 2.41. The van der Waals surface area contributed by atoms with Gasteiger partial charge in [-0.25, -0.2) is 4.39 Å². The van der Waals surface area contributed by atoms with Crippen LogP contribution in [0.25, 0.3) is 0 Å². The molecule has 1 N–H and O–H groups in total. The Morgan fingerprint density at radius 3 is 2.67 bits per heavy atom. The van der Waals surface area contributed by atoms with Crippen molar-refractivity contribution in [1.29, 1.82) is 0 Å². The minimum Gasteiger partial charge on any atom is -0.379 e. The number of likely N-dealkylation sites (tertiary alicyclic amines) is 1. The van der Waals surface area contributed by atoms with Gasteiger partial charge in [0.1, 0.15) is 5.82 Å². The molecule has 7 heteroatoms. The summed E-state index contributed by atoms with van der Waals surface area (Å²) in [4.78, 5) is 29.5. The van der Waals surface area contributed by atoms with Crippen LogP contribution in [0.4, 0.5) is 4.39 Å². The first-order valence-corrected chi connectivity index (χ1v) is 11.2. The summed E-state index contributed by atoms with van der Waals surface area (Å²) in [7, 11) is 0. The third-order valence-electron chi connectivity index (χ3n) is 7.00. The van der Waals surface area contributed by atoms with Crippen molar-refractivity contribution in [2.45, 2.75) is 50.6 Å². The number of piperidine rings is 1. The highest BCUT2D eigenvalue weighted by molar-refractivity contribution is 5.83. The fraction of sp³-hybridized carbons (Fsp3) is 0.652. The maximum Gasteiger partial charge on any atom is 0.224 e. The SMILES string of the molecule is O=C(NCC1(N2CCOCC2)CCCC1)[C@@H]1CCC(=O)N(Cc2ccccc2F)C1. The summed E-state index contributed by atoms with van der Waals surface area (Å²) >= 11 is 0. The zero-order chi connectivity index (χ0) is 21.0. The Balaban J connectivity index is 1.35. The van der Waals surface area contributed by atoms with Gasteiger partial charge in [0.15, 0.2) is 0 Å². The fourth-order valence-corrected chi connectivity index (χ4v) is 5.19. The van der Waals surface area contributed by atoms with E-state index in [-0.39, 0.29) is 35.6 Å². The number of nitrogens with one attached hydrogen (secondary N) is 1. The van der Waals surface area contributed by atoms with Crippen LogP contribution in [0.5, 0.6) is 0 Å². The molecule has 1 saturated carbocycles. The van der Waals surface area contributed by atoms with Crippen molar-refractivity contribution in [2.75, 3.05) is 39.4 Å². The van der Waals surface area contributed by atoms with Gasteiger partial charge < -0.3 is 15.0 Å². The molecule has 0 spiro atoms. The van der Waals surface area contributed by atoms with Gasteiger partial charge in [-0.15, -0.1) is 0 Å². The molecule has 0 unspecified atom stereocenters. The Kier molecular flexibility index (Phi) is 6.68. The van der Waals surface area contributed by atoms with E-state index >= 15 is 0 Å². The topological polar surface area (TPSA) is 61.9 Å². The first kappa shape index (κ1) is 21.2. The van der Waals surface area contributed by atoms with E-state index in [0.29, 0.717) is 31.5 Å². The number of rotatable bonds is 6. The number of benzene rings is 1. The maximum absolute atomic E-state index is 14.0. The number of carbonyl (C=O) groups is 2. The van der Waals surface area contributed by atoms with Crippen LogP contribution in [0.15, 0.2) is 24.3 Å². The Hall–Kier alpha value is -1.99. The van der Waals surface area contributed by atoms with E-state index in [1.165, 1.54) is 18.9 Å². The normalized spacial score (nSPS) is 24.8. The number of nitrogens with zero attached hydrogens (tertiary/aromatic N) is 2. The average molecular weight is 418 g/mol. The van der Waals surface area contributed by atoms with Crippen LogP contribution in [0.3, 0.4) is 0 Å². The molecule has 6 nitrogen and oxygen atoms in total. The lowest BCUT2D eigenvalue weighted by atomic mass is 9.92. The van der Waals surface area contributed by atoms with E-state index < -0.39 is 0 Å². The summed E-state index contributed by atoms with van der Waals surface area (Å²) in [6, 6.07) is 6.50. The number of halogens is 1. The second kappa shape index (κ2) is 9.43. The molecule has 164 valence electrons. The van der Waals surface area contributed by atoms with Crippen molar-refractivity contribution in [3.05, 3.63) is 35.6 Å².